The Labute approximate surface area is 97.6 Å². The third-order valence-electron chi connectivity index (χ3n) is 3.25. The van der Waals surface area contributed by atoms with Gasteiger partial charge in [-0.05, 0) is 34.0 Å². The van der Waals surface area contributed by atoms with Crippen LogP contribution in [-0.4, -0.2) is 33.6 Å². The molecule has 0 heterocycles. The Kier molecular flexibility index (Phi) is 8.07. The molecule has 15 heavy (non-hydrogen) atoms. The van der Waals surface area contributed by atoms with Crippen LogP contribution >= 0.6 is 0 Å². The molecule has 0 aliphatic carbocycles. The maximum atomic E-state index is 2.58. The first-order chi connectivity index (χ1) is 7.10. The Hall–Kier alpha value is -0.0831. The van der Waals surface area contributed by atoms with E-state index in [0.29, 0.717) is 0 Å². The molecule has 0 aromatic carbocycles. The van der Waals surface area contributed by atoms with Gasteiger partial charge in [-0.1, -0.05) is 50.2 Å². The van der Waals surface area contributed by atoms with Crippen molar-refractivity contribution in [1.29, 1.82) is 0 Å². The molecule has 0 N–H and O–H groups in total. The average Bonchev–Trinajstić information content (AvgIpc) is 2.17. The molecule has 90 valence electrons. The minimum absolute atomic E-state index is 1.04. The lowest BCUT2D eigenvalue weighted by atomic mass is 10.4. The van der Waals surface area contributed by atoms with Crippen LogP contribution < -0.4 is 0 Å². The maximum absolute atomic E-state index is 2.58. The highest BCUT2D eigenvalue weighted by Gasteiger charge is 2.25. The van der Waals surface area contributed by atoms with E-state index in [9.17, 15) is 0 Å². The van der Waals surface area contributed by atoms with Gasteiger partial charge in [-0.15, -0.1) is 0 Å². The van der Waals surface area contributed by atoms with E-state index in [1.807, 2.05) is 0 Å². The van der Waals surface area contributed by atoms with Gasteiger partial charge in [0.1, 0.15) is 0 Å². The lowest BCUT2D eigenvalue weighted by molar-refractivity contribution is 0.407. The van der Waals surface area contributed by atoms with Crippen LogP contribution in [-0.2, 0) is 0 Å². The standard InChI is InChI=1S/C13H29NSi/c1-6-11-15(8-3,12-7-2)13-9-10-14(4)5/h6,11H,7-10,12-13H2,1-5H3. The van der Waals surface area contributed by atoms with Gasteiger partial charge in [-0.3, -0.25) is 0 Å². The number of hydrogen-bond donors (Lipinski definition) is 0. The third kappa shape index (κ3) is 6.16. The van der Waals surface area contributed by atoms with E-state index in [-0.39, 0.29) is 0 Å². The topological polar surface area (TPSA) is 3.24 Å². The maximum Gasteiger partial charge on any atom is 0.0771 e. The number of rotatable bonds is 8. The van der Waals surface area contributed by atoms with E-state index in [1.165, 1.54) is 37.5 Å². The van der Waals surface area contributed by atoms with E-state index < -0.39 is 8.07 Å². The molecule has 1 atom stereocenters. The molecular formula is C13H29NSi. The smallest absolute Gasteiger partial charge is 0.0771 e. The summed E-state index contributed by atoms with van der Waals surface area (Å²) in [5, 5.41) is 0. The molecule has 0 rings (SSSR count). The van der Waals surface area contributed by atoms with Crippen molar-refractivity contribution in [3.05, 3.63) is 11.8 Å². The predicted octanol–water partition coefficient (Wildman–Crippen LogP) is 3.93. The summed E-state index contributed by atoms with van der Waals surface area (Å²) in [4.78, 5) is 2.30. The molecule has 0 aliphatic heterocycles. The van der Waals surface area contributed by atoms with Crippen LogP contribution in [0.3, 0.4) is 0 Å². The van der Waals surface area contributed by atoms with Crippen LogP contribution in [0.4, 0.5) is 0 Å². The van der Waals surface area contributed by atoms with Gasteiger partial charge >= 0.3 is 0 Å². The van der Waals surface area contributed by atoms with Crippen molar-refractivity contribution in [1.82, 2.24) is 4.90 Å². The Balaban J connectivity index is 4.21. The summed E-state index contributed by atoms with van der Waals surface area (Å²) < 4.78 is 0. The van der Waals surface area contributed by atoms with Crippen molar-refractivity contribution in [2.45, 2.75) is 51.7 Å². The van der Waals surface area contributed by atoms with Crippen LogP contribution in [0.5, 0.6) is 0 Å². The van der Waals surface area contributed by atoms with Gasteiger partial charge in [0.25, 0.3) is 0 Å². The second-order valence-electron chi connectivity index (χ2n) is 4.87. The van der Waals surface area contributed by atoms with Gasteiger partial charge in [0.05, 0.1) is 8.07 Å². The molecule has 1 unspecified atom stereocenters. The second kappa shape index (κ2) is 8.11. The monoisotopic (exact) mass is 227 g/mol. The lowest BCUT2D eigenvalue weighted by Gasteiger charge is -2.27. The fourth-order valence-electron chi connectivity index (χ4n) is 2.36. The van der Waals surface area contributed by atoms with E-state index in [1.54, 1.807) is 0 Å². The summed E-state index contributed by atoms with van der Waals surface area (Å²) in [6.07, 6.45) is 5.02. The highest BCUT2D eigenvalue weighted by Crippen LogP contribution is 2.25. The molecule has 0 aromatic rings. The summed E-state index contributed by atoms with van der Waals surface area (Å²) in [5.41, 5.74) is 2.58. The van der Waals surface area contributed by atoms with Crippen LogP contribution in [0, 0.1) is 0 Å². The van der Waals surface area contributed by atoms with Gasteiger partial charge in [-0.25, -0.2) is 0 Å². The van der Waals surface area contributed by atoms with Gasteiger partial charge in [0.2, 0.25) is 0 Å². The molecule has 0 fully saturated rings. The zero-order chi connectivity index (χ0) is 11.7. The first-order valence-corrected chi connectivity index (χ1v) is 9.08. The van der Waals surface area contributed by atoms with Crippen LogP contribution in [0.15, 0.2) is 11.8 Å². The molecule has 0 bridgehead atoms. The van der Waals surface area contributed by atoms with Crippen molar-refractivity contribution >= 4 is 8.07 Å². The zero-order valence-electron chi connectivity index (χ0n) is 11.3. The van der Waals surface area contributed by atoms with Gasteiger partial charge in [-0.2, -0.15) is 0 Å². The Bertz CT molecular complexity index is 177. The Morgan fingerprint density at radius 2 is 1.80 bits per heavy atom. The molecule has 0 saturated carbocycles. The average molecular weight is 227 g/mol. The Morgan fingerprint density at radius 1 is 1.13 bits per heavy atom. The van der Waals surface area contributed by atoms with Crippen molar-refractivity contribution in [3.8, 4) is 0 Å². The summed E-state index contributed by atoms with van der Waals surface area (Å²) in [5.74, 6) is 0. The van der Waals surface area contributed by atoms with Crippen LogP contribution in [0.2, 0.25) is 18.1 Å². The molecule has 1 nitrogen and oxygen atoms in total. The molecule has 2 heteroatoms. The first kappa shape index (κ1) is 14.9. The highest BCUT2D eigenvalue weighted by atomic mass is 28.3. The van der Waals surface area contributed by atoms with Crippen molar-refractivity contribution in [2.24, 2.45) is 0 Å². The highest BCUT2D eigenvalue weighted by molar-refractivity contribution is 6.84. The summed E-state index contributed by atoms with van der Waals surface area (Å²) in [6, 6.07) is 4.36. The number of allylic oxidation sites excluding steroid dienone is 1. The first-order valence-electron chi connectivity index (χ1n) is 6.38. The number of hydrogen-bond acceptors (Lipinski definition) is 1. The summed E-state index contributed by atoms with van der Waals surface area (Å²) in [7, 11) is 3.30. The quantitative estimate of drug-likeness (QED) is 0.568. The zero-order valence-corrected chi connectivity index (χ0v) is 12.3. The fourth-order valence-corrected chi connectivity index (χ4v) is 6.45. The molecule has 0 amide bonds. The van der Waals surface area contributed by atoms with E-state index in [0.717, 1.165) is 0 Å². The third-order valence-corrected chi connectivity index (χ3v) is 8.55. The summed E-state index contributed by atoms with van der Waals surface area (Å²) >= 11 is 0. The molecular weight excluding hydrogens is 198 g/mol. The predicted molar refractivity (Wildman–Crippen MR) is 74.1 cm³/mol. The molecule has 0 spiro atoms. The number of nitrogens with zero attached hydrogens (tertiary/aromatic N) is 1. The molecule has 0 aliphatic rings. The van der Waals surface area contributed by atoms with Gasteiger partial charge in [0, 0.05) is 0 Å². The van der Waals surface area contributed by atoms with Crippen LogP contribution in [0.25, 0.3) is 0 Å². The molecule has 0 radical (unpaired) electrons. The lowest BCUT2D eigenvalue weighted by Crippen LogP contribution is -2.31. The Morgan fingerprint density at radius 3 is 2.20 bits per heavy atom. The fraction of sp³-hybridized carbons (Fsp3) is 0.846. The van der Waals surface area contributed by atoms with E-state index in [2.05, 4.69) is 51.5 Å². The largest absolute Gasteiger partial charge is 0.309 e. The van der Waals surface area contributed by atoms with Crippen molar-refractivity contribution in [3.63, 3.8) is 0 Å². The minimum Gasteiger partial charge on any atom is -0.309 e. The SMILES string of the molecule is CC=C[Si](CC)(CCC)CCCN(C)C. The van der Waals surface area contributed by atoms with Crippen LogP contribution in [0.1, 0.15) is 33.6 Å². The summed E-state index contributed by atoms with van der Waals surface area (Å²) in [6.45, 7) is 8.14. The van der Waals surface area contributed by atoms with E-state index >= 15 is 0 Å². The van der Waals surface area contributed by atoms with E-state index in [4.69, 9.17) is 0 Å². The van der Waals surface area contributed by atoms with Crippen molar-refractivity contribution in [2.75, 3.05) is 20.6 Å². The molecule has 0 aromatic heterocycles. The minimum atomic E-state index is -1.04. The molecule has 0 saturated heterocycles. The van der Waals surface area contributed by atoms with Gasteiger partial charge < -0.3 is 4.90 Å². The second-order valence-corrected chi connectivity index (χ2v) is 9.64. The van der Waals surface area contributed by atoms with Crippen molar-refractivity contribution < 1.29 is 0 Å². The van der Waals surface area contributed by atoms with Gasteiger partial charge in [0.15, 0.2) is 0 Å². The normalized spacial score (nSPS) is 16.1.